The van der Waals surface area contributed by atoms with Gasteiger partial charge >= 0.3 is 0 Å². The van der Waals surface area contributed by atoms with Crippen LogP contribution in [0.5, 0.6) is 11.5 Å². The zero-order chi connectivity index (χ0) is 23.0. The van der Waals surface area contributed by atoms with E-state index in [1.807, 2.05) is 0 Å². The highest BCUT2D eigenvalue weighted by atomic mass is 32.2. The van der Waals surface area contributed by atoms with Gasteiger partial charge in [0.2, 0.25) is 10.0 Å². The molecule has 0 spiro atoms. The molecule has 0 aliphatic rings. The van der Waals surface area contributed by atoms with E-state index in [-0.39, 0.29) is 18.1 Å². The molecular formula is C20H25FN2O7S. The van der Waals surface area contributed by atoms with Gasteiger partial charge in [-0.05, 0) is 55.5 Å². The molecule has 2 aromatic carbocycles. The van der Waals surface area contributed by atoms with Crippen molar-refractivity contribution in [1.29, 1.82) is 0 Å². The van der Waals surface area contributed by atoms with E-state index in [0.717, 1.165) is 4.31 Å². The number of nitrogens with one attached hydrogen (secondary N) is 1. The summed E-state index contributed by atoms with van der Waals surface area (Å²) >= 11 is 0. The van der Waals surface area contributed by atoms with Gasteiger partial charge in [-0.1, -0.05) is 0 Å². The predicted molar refractivity (Wildman–Crippen MR) is 109 cm³/mol. The van der Waals surface area contributed by atoms with Crippen LogP contribution in [-0.2, 0) is 24.3 Å². The molecule has 1 unspecified atom stereocenters. The van der Waals surface area contributed by atoms with Crippen molar-refractivity contribution in [3.63, 3.8) is 0 Å². The second kappa shape index (κ2) is 11.2. The first-order valence-electron chi connectivity index (χ1n) is 9.26. The lowest BCUT2D eigenvalue weighted by Gasteiger charge is -2.30. The van der Waals surface area contributed by atoms with Gasteiger partial charge in [0.05, 0.1) is 24.2 Å². The average Bonchev–Trinajstić information content (AvgIpc) is 2.75. The molecule has 2 N–H and O–H groups in total. The van der Waals surface area contributed by atoms with Crippen molar-refractivity contribution in [2.24, 2.45) is 0 Å². The number of sulfonamides is 1. The summed E-state index contributed by atoms with van der Waals surface area (Å²) in [6.45, 7) is 1.90. The van der Waals surface area contributed by atoms with Crippen LogP contribution < -0.4 is 10.2 Å². The number of amides is 1. The Morgan fingerprint density at radius 1 is 1.10 bits per heavy atom. The van der Waals surface area contributed by atoms with Crippen LogP contribution in [0.25, 0.3) is 0 Å². The van der Waals surface area contributed by atoms with Gasteiger partial charge in [0.25, 0.3) is 5.91 Å². The van der Waals surface area contributed by atoms with Crippen LogP contribution in [0.4, 0.5) is 4.39 Å². The maximum Gasteiger partial charge on any atom is 0.264 e. The van der Waals surface area contributed by atoms with E-state index < -0.39 is 33.9 Å². The topological polar surface area (TPSA) is 114 Å². The number of hydroxylamine groups is 1. The minimum Gasteiger partial charge on any atom is -0.457 e. The molecule has 0 radical (unpaired) electrons. The highest BCUT2D eigenvalue weighted by Crippen LogP contribution is 2.25. The molecule has 0 bridgehead atoms. The SMILES string of the molecule is COCCO[C@H](C)C(C(=O)NO)N(C)S(=O)(=O)c1ccc(Oc2ccc(F)cc2)cc1. The monoisotopic (exact) mass is 456 g/mol. The van der Waals surface area contributed by atoms with Crippen molar-refractivity contribution in [1.82, 2.24) is 9.79 Å². The Balaban J connectivity index is 2.20. The van der Waals surface area contributed by atoms with E-state index in [1.165, 1.54) is 75.1 Å². The first-order chi connectivity index (χ1) is 14.7. The Hall–Kier alpha value is -2.57. The minimum absolute atomic E-state index is 0.0960. The van der Waals surface area contributed by atoms with Crippen molar-refractivity contribution in [3.8, 4) is 11.5 Å². The van der Waals surface area contributed by atoms with Crippen molar-refractivity contribution in [3.05, 3.63) is 54.3 Å². The van der Waals surface area contributed by atoms with E-state index in [0.29, 0.717) is 11.5 Å². The number of methoxy groups -OCH3 is 1. The largest absolute Gasteiger partial charge is 0.457 e. The number of hydrogen-bond donors (Lipinski definition) is 2. The highest BCUT2D eigenvalue weighted by molar-refractivity contribution is 7.89. The zero-order valence-electron chi connectivity index (χ0n) is 17.3. The molecule has 0 saturated carbocycles. The number of carbonyl (C=O) groups is 1. The van der Waals surface area contributed by atoms with Crippen LogP contribution in [0, 0.1) is 5.82 Å². The molecule has 2 rings (SSSR count). The maximum atomic E-state index is 13.0. The Labute approximate surface area is 180 Å². The normalized spacial score (nSPS) is 13.6. The van der Waals surface area contributed by atoms with Crippen LogP contribution >= 0.6 is 0 Å². The van der Waals surface area contributed by atoms with Gasteiger partial charge in [-0.25, -0.2) is 18.3 Å². The van der Waals surface area contributed by atoms with E-state index in [2.05, 4.69) is 0 Å². The maximum absolute atomic E-state index is 13.0. The fraction of sp³-hybridized carbons (Fsp3) is 0.350. The van der Waals surface area contributed by atoms with Crippen molar-refractivity contribution in [2.75, 3.05) is 27.4 Å². The van der Waals surface area contributed by atoms with Gasteiger partial charge in [0.1, 0.15) is 23.4 Å². The number of hydrogen-bond acceptors (Lipinski definition) is 7. The zero-order valence-corrected chi connectivity index (χ0v) is 18.1. The summed E-state index contributed by atoms with van der Waals surface area (Å²) in [6, 6.07) is 9.53. The van der Waals surface area contributed by atoms with Gasteiger partial charge in [-0.15, -0.1) is 0 Å². The molecule has 2 aromatic rings. The molecule has 9 nitrogen and oxygen atoms in total. The Kier molecular flexibility index (Phi) is 8.89. The average molecular weight is 456 g/mol. The summed E-state index contributed by atoms with van der Waals surface area (Å²) in [5, 5.41) is 9.06. The first-order valence-corrected chi connectivity index (χ1v) is 10.7. The lowest BCUT2D eigenvalue weighted by atomic mass is 10.2. The fourth-order valence-corrected chi connectivity index (χ4v) is 4.16. The number of nitrogens with zero attached hydrogens (tertiary/aromatic N) is 1. The molecule has 1 amide bonds. The van der Waals surface area contributed by atoms with Gasteiger partial charge in [0, 0.05) is 14.2 Å². The van der Waals surface area contributed by atoms with Crippen LogP contribution in [0.15, 0.2) is 53.4 Å². The summed E-state index contributed by atoms with van der Waals surface area (Å²) in [5.74, 6) is -0.615. The summed E-state index contributed by atoms with van der Waals surface area (Å²) < 4.78 is 55.8. The number of carbonyl (C=O) groups excluding carboxylic acids is 1. The van der Waals surface area contributed by atoms with Crippen molar-refractivity contribution in [2.45, 2.75) is 24.0 Å². The van der Waals surface area contributed by atoms with Gasteiger partial charge in [-0.3, -0.25) is 10.0 Å². The molecule has 0 aliphatic heterocycles. The van der Waals surface area contributed by atoms with Crippen LogP contribution in [-0.4, -0.2) is 63.4 Å². The van der Waals surface area contributed by atoms with Crippen molar-refractivity contribution < 1.29 is 37.0 Å². The predicted octanol–water partition coefficient (Wildman–Crippen LogP) is 2.16. The molecule has 0 heterocycles. The summed E-state index contributed by atoms with van der Waals surface area (Å²) in [4.78, 5) is 12.1. The van der Waals surface area contributed by atoms with Gasteiger partial charge in [0.15, 0.2) is 0 Å². The molecule has 170 valence electrons. The van der Waals surface area contributed by atoms with Crippen LogP contribution in [0.3, 0.4) is 0 Å². The number of ether oxygens (including phenoxy) is 3. The lowest BCUT2D eigenvalue weighted by molar-refractivity contribution is -0.138. The van der Waals surface area contributed by atoms with E-state index in [1.54, 1.807) is 0 Å². The van der Waals surface area contributed by atoms with E-state index in [4.69, 9.17) is 19.4 Å². The molecule has 0 saturated heterocycles. The number of likely N-dealkylation sites (N-methyl/N-ethyl adjacent to an activating group) is 1. The quantitative estimate of drug-likeness (QED) is 0.303. The third-order valence-electron chi connectivity index (χ3n) is 4.43. The Bertz CT molecular complexity index is 952. The lowest BCUT2D eigenvalue weighted by Crippen LogP contribution is -2.53. The summed E-state index contributed by atoms with van der Waals surface area (Å²) in [5.41, 5.74) is 1.48. The minimum atomic E-state index is -4.12. The fourth-order valence-electron chi connectivity index (χ4n) is 2.78. The van der Waals surface area contributed by atoms with Gasteiger partial charge < -0.3 is 14.2 Å². The molecule has 0 aliphatic carbocycles. The number of rotatable bonds is 11. The third kappa shape index (κ3) is 6.45. The second-order valence-corrected chi connectivity index (χ2v) is 8.54. The highest BCUT2D eigenvalue weighted by Gasteiger charge is 2.37. The Morgan fingerprint density at radius 2 is 1.65 bits per heavy atom. The first kappa shape index (κ1) is 24.7. The smallest absolute Gasteiger partial charge is 0.264 e. The van der Waals surface area contributed by atoms with Crippen LogP contribution in [0.2, 0.25) is 0 Å². The van der Waals surface area contributed by atoms with E-state index >= 15 is 0 Å². The molecular weight excluding hydrogens is 431 g/mol. The molecule has 0 aromatic heterocycles. The third-order valence-corrected chi connectivity index (χ3v) is 6.29. The standard InChI is InChI=1S/C20H25FN2O7S/c1-14(29-13-12-28-3)19(20(24)22-25)23(2)31(26,27)18-10-8-17(9-11-18)30-16-6-4-15(21)5-7-16/h4-11,14,19,25H,12-13H2,1-3H3,(H,22,24)/t14-,19?/m1/s1. The molecule has 2 atom stereocenters. The van der Waals surface area contributed by atoms with E-state index in [9.17, 15) is 17.6 Å². The molecule has 0 fully saturated rings. The summed E-state index contributed by atoms with van der Waals surface area (Å²) in [6.07, 6.45) is -0.872. The number of benzene rings is 2. The molecule has 31 heavy (non-hydrogen) atoms. The molecule has 11 heteroatoms. The summed E-state index contributed by atoms with van der Waals surface area (Å²) in [7, 11) is -1.42. The number of halogens is 1. The van der Waals surface area contributed by atoms with Crippen LogP contribution in [0.1, 0.15) is 6.92 Å². The second-order valence-electron chi connectivity index (χ2n) is 6.54. The Morgan fingerprint density at radius 3 is 2.16 bits per heavy atom. The van der Waals surface area contributed by atoms with Gasteiger partial charge in [-0.2, -0.15) is 4.31 Å². The van der Waals surface area contributed by atoms with Crippen molar-refractivity contribution >= 4 is 15.9 Å².